The minimum atomic E-state index is -4.37. The molecule has 1 N–H and O–H groups in total. The molecule has 2 amide bonds. The van der Waals surface area contributed by atoms with Crippen molar-refractivity contribution >= 4 is 6.03 Å². The number of alkyl halides is 3. The maximum Gasteiger partial charge on any atom is 0.405 e. The Morgan fingerprint density at radius 1 is 1.23 bits per heavy atom. The molecule has 128 valence electrons. The van der Waals surface area contributed by atoms with Crippen LogP contribution in [0.2, 0.25) is 0 Å². The van der Waals surface area contributed by atoms with Crippen LogP contribution in [-0.2, 0) is 0 Å². The van der Waals surface area contributed by atoms with E-state index in [1.807, 2.05) is 5.32 Å². The van der Waals surface area contributed by atoms with Crippen LogP contribution in [0.25, 0.3) is 0 Å². The molecule has 2 rings (SSSR count). The molecule has 0 radical (unpaired) electrons. The van der Waals surface area contributed by atoms with Crippen LogP contribution in [0.1, 0.15) is 19.3 Å². The van der Waals surface area contributed by atoms with Gasteiger partial charge in [0.2, 0.25) is 0 Å². The van der Waals surface area contributed by atoms with Crippen LogP contribution in [0.3, 0.4) is 0 Å². The van der Waals surface area contributed by atoms with E-state index in [1.165, 1.54) is 4.90 Å². The number of hydrogen-bond acceptors (Lipinski definition) is 3. The summed E-state index contributed by atoms with van der Waals surface area (Å²) in [5, 5.41) is 1.94. The van der Waals surface area contributed by atoms with E-state index >= 15 is 0 Å². The van der Waals surface area contributed by atoms with Crippen LogP contribution in [0.15, 0.2) is 0 Å². The summed E-state index contributed by atoms with van der Waals surface area (Å²) in [6.07, 6.45) is -1.31. The standard InChI is InChI=1S/C14H25F3N4O/c1-19-6-3-11(4-7-19)21-8-5-12(9-21)20(2)13(22)18-10-14(15,16)17/h11-12H,3-10H2,1-2H3,(H,18,22)/t12-/m1/s1. The lowest BCUT2D eigenvalue weighted by molar-refractivity contribution is -0.123. The molecule has 0 unspecified atom stereocenters. The van der Waals surface area contributed by atoms with Crippen molar-refractivity contribution in [2.45, 2.75) is 37.5 Å². The minimum Gasteiger partial charge on any atom is -0.329 e. The van der Waals surface area contributed by atoms with Crippen molar-refractivity contribution in [2.24, 2.45) is 0 Å². The molecule has 0 aliphatic carbocycles. The average Bonchev–Trinajstić information content (AvgIpc) is 2.93. The summed E-state index contributed by atoms with van der Waals surface area (Å²) in [5.41, 5.74) is 0. The Hall–Kier alpha value is -1.02. The van der Waals surface area contributed by atoms with Crippen LogP contribution < -0.4 is 5.32 Å². The van der Waals surface area contributed by atoms with E-state index in [9.17, 15) is 18.0 Å². The number of hydrogen-bond donors (Lipinski definition) is 1. The first kappa shape index (κ1) is 17.3. The Balaban J connectivity index is 1.78. The van der Waals surface area contributed by atoms with Gasteiger partial charge in [0.25, 0.3) is 0 Å². The first-order valence-electron chi connectivity index (χ1n) is 7.76. The Morgan fingerprint density at radius 3 is 2.45 bits per heavy atom. The lowest BCUT2D eigenvalue weighted by Crippen LogP contribution is -2.48. The first-order valence-corrected chi connectivity index (χ1v) is 7.76. The van der Waals surface area contributed by atoms with Gasteiger partial charge < -0.3 is 15.1 Å². The summed E-state index contributed by atoms with van der Waals surface area (Å²) in [6.45, 7) is 2.54. The summed E-state index contributed by atoms with van der Waals surface area (Å²) < 4.78 is 36.4. The molecular formula is C14H25F3N4O. The maximum atomic E-state index is 12.1. The van der Waals surface area contributed by atoms with Crippen molar-refractivity contribution < 1.29 is 18.0 Å². The van der Waals surface area contributed by atoms with Gasteiger partial charge in [0.15, 0.2) is 0 Å². The van der Waals surface area contributed by atoms with E-state index in [0.717, 1.165) is 45.4 Å². The number of amides is 2. The van der Waals surface area contributed by atoms with E-state index in [4.69, 9.17) is 0 Å². The van der Waals surface area contributed by atoms with Crippen molar-refractivity contribution in [3.05, 3.63) is 0 Å². The largest absolute Gasteiger partial charge is 0.405 e. The fraction of sp³-hybridized carbons (Fsp3) is 0.929. The topological polar surface area (TPSA) is 38.8 Å². The van der Waals surface area contributed by atoms with Crippen LogP contribution in [0.4, 0.5) is 18.0 Å². The highest BCUT2D eigenvalue weighted by atomic mass is 19.4. The number of likely N-dealkylation sites (N-methyl/N-ethyl adjacent to an activating group) is 1. The summed E-state index contributed by atoms with van der Waals surface area (Å²) in [4.78, 5) is 17.9. The van der Waals surface area contributed by atoms with Gasteiger partial charge >= 0.3 is 12.2 Å². The molecule has 0 bridgehead atoms. The molecule has 0 spiro atoms. The monoisotopic (exact) mass is 322 g/mol. The number of urea groups is 1. The van der Waals surface area contributed by atoms with Crippen molar-refractivity contribution in [1.29, 1.82) is 0 Å². The molecule has 2 aliphatic heterocycles. The second kappa shape index (κ2) is 7.04. The van der Waals surface area contributed by atoms with Crippen molar-refractivity contribution in [1.82, 2.24) is 20.0 Å². The number of piperidine rings is 1. The Morgan fingerprint density at radius 2 is 1.86 bits per heavy atom. The number of nitrogens with one attached hydrogen (secondary N) is 1. The number of rotatable bonds is 3. The van der Waals surface area contributed by atoms with E-state index < -0.39 is 18.8 Å². The smallest absolute Gasteiger partial charge is 0.329 e. The normalized spacial score (nSPS) is 25.4. The molecule has 8 heteroatoms. The summed E-state index contributed by atoms with van der Waals surface area (Å²) >= 11 is 0. The first-order chi connectivity index (χ1) is 10.3. The zero-order valence-electron chi connectivity index (χ0n) is 13.2. The lowest BCUT2D eigenvalue weighted by Gasteiger charge is -2.35. The predicted molar refractivity (Wildman–Crippen MR) is 77.7 cm³/mol. The predicted octanol–water partition coefficient (Wildman–Crippen LogP) is 1.36. The summed E-state index contributed by atoms with van der Waals surface area (Å²) in [5.74, 6) is 0. The van der Waals surface area contributed by atoms with Crippen molar-refractivity contribution in [2.75, 3.05) is 46.8 Å². The lowest BCUT2D eigenvalue weighted by atomic mass is 10.0. The summed E-state index contributed by atoms with van der Waals surface area (Å²) in [7, 11) is 3.69. The van der Waals surface area contributed by atoms with Gasteiger partial charge in [-0.2, -0.15) is 13.2 Å². The van der Waals surface area contributed by atoms with Gasteiger partial charge in [-0.1, -0.05) is 0 Å². The highest BCUT2D eigenvalue weighted by Crippen LogP contribution is 2.23. The molecule has 0 aromatic carbocycles. The molecule has 5 nitrogen and oxygen atoms in total. The molecule has 1 atom stereocenters. The van der Waals surface area contributed by atoms with E-state index in [1.54, 1.807) is 7.05 Å². The van der Waals surface area contributed by atoms with Crippen LogP contribution in [-0.4, -0.2) is 85.8 Å². The minimum absolute atomic E-state index is 0.00658. The fourth-order valence-electron chi connectivity index (χ4n) is 3.24. The molecule has 0 saturated carbocycles. The maximum absolute atomic E-state index is 12.1. The Bertz CT molecular complexity index is 383. The van der Waals surface area contributed by atoms with Gasteiger partial charge in [-0.05, 0) is 39.4 Å². The van der Waals surface area contributed by atoms with Gasteiger partial charge in [0, 0.05) is 32.2 Å². The van der Waals surface area contributed by atoms with Crippen LogP contribution in [0, 0.1) is 0 Å². The van der Waals surface area contributed by atoms with Gasteiger partial charge in [-0.15, -0.1) is 0 Å². The quantitative estimate of drug-likeness (QED) is 0.853. The molecule has 2 heterocycles. The number of carbonyl (C=O) groups excluding carboxylic acids is 1. The SMILES string of the molecule is CN1CCC(N2CC[C@@H](N(C)C(=O)NCC(F)(F)F)C2)CC1. The summed E-state index contributed by atoms with van der Waals surface area (Å²) in [6, 6.07) is -0.117. The second-order valence-electron chi connectivity index (χ2n) is 6.36. The van der Waals surface area contributed by atoms with Gasteiger partial charge in [0.05, 0.1) is 0 Å². The van der Waals surface area contributed by atoms with Gasteiger partial charge in [0.1, 0.15) is 6.54 Å². The molecule has 22 heavy (non-hydrogen) atoms. The van der Waals surface area contributed by atoms with Crippen LogP contribution in [0.5, 0.6) is 0 Å². The Kier molecular flexibility index (Phi) is 5.55. The molecule has 2 fully saturated rings. The van der Waals surface area contributed by atoms with Gasteiger partial charge in [-0.3, -0.25) is 4.90 Å². The number of nitrogens with zero attached hydrogens (tertiary/aromatic N) is 3. The van der Waals surface area contributed by atoms with Crippen molar-refractivity contribution in [3.63, 3.8) is 0 Å². The third kappa shape index (κ3) is 4.74. The second-order valence-corrected chi connectivity index (χ2v) is 6.36. The molecular weight excluding hydrogens is 297 g/mol. The molecule has 0 aromatic heterocycles. The van der Waals surface area contributed by atoms with E-state index in [-0.39, 0.29) is 6.04 Å². The van der Waals surface area contributed by atoms with E-state index in [0.29, 0.717) is 6.04 Å². The molecule has 2 aliphatic rings. The average molecular weight is 322 g/mol. The van der Waals surface area contributed by atoms with Gasteiger partial charge in [-0.25, -0.2) is 4.79 Å². The highest BCUT2D eigenvalue weighted by molar-refractivity contribution is 5.74. The molecule has 0 aromatic rings. The fourth-order valence-corrected chi connectivity index (χ4v) is 3.24. The Labute approximate surface area is 129 Å². The third-order valence-electron chi connectivity index (χ3n) is 4.71. The zero-order chi connectivity index (χ0) is 16.3. The highest BCUT2D eigenvalue weighted by Gasteiger charge is 2.34. The van der Waals surface area contributed by atoms with Crippen LogP contribution >= 0.6 is 0 Å². The zero-order valence-corrected chi connectivity index (χ0v) is 13.2. The number of carbonyl (C=O) groups is 1. The number of halogens is 3. The number of likely N-dealkylation sites (tertiary alicyclic amines) is 2. The van der Waals surface area contributed by atoms with Crippen molar-refractivity contribution in [3.8, 4) is 0 Å². The van der Waals surface area contributed by atoms with E-state index in [2.05, 4.69) is 16.8 Å². The molecule has 2 saturated heterocycles. The third-order valence-corrected chi connectivity index (χ3v) is 4.71.